The minimum atomic E-state index is -0.119. The molecule has 0 aromatic carbocycles. The average molecular weight is 332 g/mol. The Morgan fingerprint density at radius 3 is 2.13 bits per heavy atom. The van der Waals surface area contributed by atoms with E-state index in [9.17, 15) is 4.79 Å². The van der Waals surface area contributed by atoms with Crippen LogP contribution in [0.4, 0.5) is 0 Å². The highest BCUT2D eigenvalue weighted by Gasteiger charge is 2.02. The topological polar surface area (TPSA) is 54.0 Å². The van der Waals surface area contributed by atoms with Gasteiger partial charge in [-0.05, 0) is 26.7 Å². The Labute approximate surface area is 142 Å². The second kappa shape index (κ2) is 17.7. The van der Waals surface area contributed by atoms with Gasteiger partial charge >= 0.3 is 5.97 Å². The highest BCUT2D eigenvalue weighted by molar-refractivity contribution is 5.69. The molecule has 0 N–H and O–H groups in total. The van der Waals surface area contributed by atoms with Gasteiger partial charge in [0.1, 0.15) is 0 Å². The van der Waals surface area contributed by atoms with Crippen LogP contribution in [0.5, 0.6) is 0 Å². The van der Waals surface area contributed by atoms with Crippen molar-refractivity contribution in [2.75, 3.05) is 39.6 Å². The van der Waals surface area contributed by atoms with Gasteiger partial charge < -0.3 is 18.9 Å². The van der Waals surface area contributed by atoms with Crippen LogP contribution in [-0.4, -0.2) is 51.7 Å². The third-order valence-electron chi connectivity index (χ3n) is 3.23. The predicted molar refractivity (Wildman–Crippen MR) is 91.7 cm³/mol. The van der Waals surface area contributed by atoms with Gasteiger partial charge in [0.05, 0.1) is 39.1 Å². The first-order valence-electron chi connectivity index (χ1n) is 9.09. The Kier molecular flexibility index (Phi) is 17.2. The van der Waals surface area contributed by atoms with E-state index in [4.69, 9.17) is 18.9 Å². The molecule has 0 saturated heterocycles. The number of ether oxygens (including phenoxy) is 4. The molecule has 5 nitrogen and oxygen atoms in total. The molecule has 0 aliphatic rings. The van der Waals surface area contributed by atoms with Gasteiger partial charge in [0.15, 0.2) is 0 Å². The first-order chi connectivity index (χ1) is 11.2. The number of unbranched alkanes of at least 4 members (excludes halogenated alkanes) is 4. The maximum absolute atomic E-state index is 11.5. The molecule has 138 valence electrons. The van der Waals surface area contributed by atoms with Gasteiger partial charge in [0.2, 0.25) is 0 Å². The molecule has 0 saturated carbocycles. The smallest absolute Gasteiger partial charge is 0.305 e. The summed E-state index contributed by atoms with van der Waals surface area (Å²) in [5, 5.41) is 0. The third-order valence-corrected chi connectivity index (χ3v) is 3.23. The fraction of sp³-hybridized carbons (Fsp3) is 0.944. The molecule has 0 aromatic heterocycles. The van der Waals surface area contributed by atoms with Crippen molar-refractivity contribution in [1.29, 1.82) is 0 Å². The minimum Gasteiger partial charge on any atom is -0.466 e. The maximum atomic E-state index is 11.5. The number of hydrogen-bond acceptors (Lipinski definition) is 5. The van der Waals surface area contributed by atoms with Crippen molar-refractivity contribution in [3.63, 3.8) is 0 Å². The number of carbonyl (C=O) groups is 1. The maximum Gasteiger partial charge on any atom is 0.305 e. The van der Waals surface area contributed by atoms with Crippen molar-refractivity contribution in [3.8, 4) is 0 Å². The van der Waals surface area contributed by atoms with Gasteiger partial charge in [-0.2, -0.15) is 0 Å². The van der Waals surface area contributed by atoms with Gasteiger partial charge in [-0.1, -0.05) is 32.6 Å². The van der Waals surface area contributed by atoms with Crippen LogP contribution in [0.3, 0.4) is 0 Å². The molecule has 0 heterocycles. The summed E-state index contributed by atoms with van der Waals surface area (Å²) < 4.78 is 21.3. The average Bonchev–Trinajstić information content (AvgIpc) is 2.52. The van der Waals surface area contributed by atoms with Crippen LogP contribution >= 0.6 is 0 Å². The summed E-state index contributed by atoms with van der Waals surface area (Å²) in [5.41, 5.74) is 0. The van der Waals surface area contributed by atoms with Crippen molar-refractivity contribution in [3.05, 3.63) is 0 Å². The summed E-state index contributed by atoms with van der Waals surface area (Å²) >= 11 is 0. The molecular weight excluding hydrogens is 296 g/mol. The second-order valence-corrected chi connectivity index (χ2v) is 5.88. The largest absolute Gasteiger partial charge is 0.466 e. The summed E-state index contributed by atoms with van der Waals surface area (Å²) in [6.45, 7) is 9.62. The lowest BCUT2D eigenvalue weighted by Gasteiger charge is -2.08. The Morgan fingerprint density at radius 2 is 1.43 bits per heavy atom. The lowest BCUT2D eigenvalue weighted by Crippen LogP contribution is -2.13. The highest BCUT2D eigenvalue weighted by atomic mass is 16.5. The Bertz CT molecular complexity index is 256. The van der Waals surface area contributed by atoms with Crippen LogP contribution < -0.4 is 0 Å². The standard InChI is InChI=1S/C18H36O5/c1-4-5-6-7-8-12-23-18(19)10-9-11-20-13-14-21-15-16-22-17(2)3/h17H,4-16H2,1-3H3. The molecule has 0 spiro atoms. The van der Waals surface area contributed by atoms with Crippen molar-refractivity contribution in [2.24, 2.45) is 0 Å². The SMILES string of the molecule is CCCCCCCOC(=O)CCCOCCOCCOC(C)C. The fourth-order valence-electron chi connectivity index (χ4n) is 1.95. The lowest BCUT2D eigenvalue weighted by atomic mass is 10.2. The lowest BCUT2D eigenvalue weighted by molar-refractivity contribution is -0.144. The predicted octanol–water partition coefficient (Wildman–Crippen LogP) is 3.74. The van der Waals surface area contributed by atoms with Crippen molar-refractivity contribution < 1.29 is 23.7 Å². The molecule has 23 heavy (non-hydrogen) atoms. The molecule has 0 unspecified atom stereocenters. The number of hydrogen-bond donors (Lipinski definition) is 0. The van der Waals surface area contributed by atoms with E-state index in [0.29, 0.717) is 52.5 Å². The van der Waals surface area contributed by atoms with Gasteiger partial charge in [-0.15, -0.1) is 0 Å². The monoisotopic (exact) mass is 332 g/mol. The molecule has 0 aromatic rings. The molecule has 5 heteroatoms. The van der Waals surface area contributed by atoms with E-state index in [1.54, 1.807) is 0 Å². The normalized spacial score (nSPS) is 11.1. The fourth-order valence-corrected chi connectivity index (χ4v) is 1.95. The zero-order chi connectivity index (χ0) is 17.2. The van der Waals surface area contributed by atoms with Crippen LogP contribution in [0.1, 0.15) is 65.7 Å². The van der Waals surface area contributed by atoms with E-state index >= 15 is 0 Å². The third kappa shape index (κ3) is 19.3. The zero-order valence-electron chi connectivity index (χ0n) is 15.3. The molecule has 0 radical (unpaired) electrons. The molecule has 0 aliphatic carbocycles. The summed E-state index contributed by atoms with van der Waals surface area (Å²) in [6, 6.07) is 0. The Hall–Kier alpha value is -0.650. The van der Waals surface area contributed by atoms with E-state index in [0.717, 1.165) is 12.8 Å². The van der Waals surface area contributed by atoms with Crippen LogP contribution in [0, 0.1) is 0 Å². The first-order valence-corrected chi connectivity index (χ1v) is 9.09. The summed E-state index contributed by atoms with van der Waals surface area (Å²) in [5.74, 6) is -0.119. The molecule has 0 aliphatic heterocycles. The number of esters is 1. The van der Waals surface area contributed by atoms with Crippen LogP contribution in [0.25, 0.3) is 0 Å². The second-order valence-electron chi connectivity index (χ2n) is 5.88. The zero-order valence-corrected chi connectivity index (χ0v) is 15.3. The highest BCUT2D eigenvalue weighted by Crippen LogP contribution is 2.03. The number of carbonyl (C=O) groups excluding carboxylic acids is 1. The van der Waals surface area contributed by atoms with E-state index in [-0.39, 0.29) is 12.1 Å². The Morgan fingerprint density at radius 1 is 0.783 bits per heavy atom. The van der Waals surface area contributed by atoms with Gasteiger partial charge in [0, 0.05) is 13.0 Å². The minimum absolute atomic E-state index is 0.119. The van der Waals surface area contributed by atoms with Crippen molar-refractivity contribution in [1.82, 2.24) is 0 Å². The van der Waals surface area contributed by atoms with Gasteiger partial charge in [0.25, 0.3) is 0 Å². The molecule has 0 rings (SSSR count). The molecule has 0 bridgehead atoms. The van der Waals surface area contributed by atoms with E-state index in [1.807, 2.05) is 13.8 Å². The van der Waals surface area contributed by atoms with Crippen LogP contribution in [-0.2, 0) is 23.7 Å². The van der Waals surface area contributed by atoms with Crippen LogP contribution in [0.2, 0.25) is 0 Å². The molecule has 0 atom stereocenters. The molecular formula is C18H36O5. The summed E-state index contributed by atoms with van der Waals surface area (Å²) in [7, 11) is 0. The van der Waals surface area contributed by atoms with Gasteiger partial charge in [-0.3, -0.25) is 4.79 Å². The first kappa shape index (κ1) is 22.4. The Balaban J connectivity index is 3.14. The van der Waals surface area contributed by atoms with Crippen LogP contribution in [0.15, 0.2) is 0 Å². The van der Waals surface area contributed by atoms with E-state index in [1.165, 1.54) is 19.3 Å². The van der Waals surface area contributed by atoms with Crippen molar-refractivity contribution in [2.45, 2.75) is 71.8 Å². The van der Waals surface area contributed by atoms with E-state index in [2.05, 4.69) is 6.92 Å². The van der Waals surface area contributed by atoms with Crippen molar-refractivity contribution >= 4 is 5.97 Å². The van der Waals surface area contributed by atoms with E-state index < -0.39 is 0 Å². The molecule has 0 amide bonds. The van der Waals surface area contributed by atoms with Gasteiger partial charge in [-0.25, -0.2) is 0 Å². The summed E-state index contributed by atoms with van der Waals surface area (Å²) in [6.07, 6.45) is 7.21. The number of rotatable bonds is 17. The quantitative estimate of drug-likeness (QED) is 0.300. The summed E-state index contributed by atoms with van der Waals surface area (Å²) in [4.78, 5) is 11.5. The molecule has 0 fully saturated rings.